The topological polar surface area (TPSA) is 105 Å². The Morgan fingerprint density at radius 3 is 2.59 bits per heavy atom. The highest BCUT2D eigenvalue weighted by Gasteiger charge is 2.62. The fourth-order valence-electron chi connectivity index (χ4n) is 7.39. The molecule has 0 spiro atoms. The third-order valence-electron chi connectivity index (χ3n) is 9.50. The van der Waals surface area contributed by atoms with Crippen LogP contribution in [-0.2, 0) is 21.2 Å². The molecule has 0 aromatic heterocycles. The second-order valence-electron chi connectivity index (χ2n) is 12.0. The number of anilines is 1. The number of fused-ring (bicyclic) bond motifs is 2. The van der Waals surface area contributed by atoms with Crippen LogP contribution >= 0.6 is 0 Å². The second-order valence-corrected chi connectivity index (χ2v) is 14.0. The Morgan fingerprint density at radius 2 is 1.90 bits per heavy atom. The zero-order valence-electron chi connectivity index (χ0n) is 21.9. The molecule has 5 fully saturated rings. The molecule has 0 radical (unpaired) electrons. The third kappa shape index (κ3) is 5.01. The molecule has 10 heteroatoms. The van der Waals surface area contributed by atoms with Crippen molar-refractivity contribution in [3.05, 3.63) is 65.2 Å². The minimum absolute atomic E-state index is 0.0471. The van der Waals surface area contributed by atoms with Crippen molar-refractivity contribution in [2.75, 3.05) is 24.2 Å². The number of carbonyl (C=O) groups is 1. The average Bonchev–Trinajstić information content (AvgIpc) is 2.97. The van der Waals surface area contributed by atoms with E-state index in [2.05, 4.69) is 10.6 Å². The molecule has 2 aromatic carbocycles. The molecule has 3 saturated carbocycles. The van der Waals surface area contributed by atoms with Crippen molar-refractivity contribution >= 4 is 21.6 Å². The van der Waals surface area contributed by atoms with E-state index in [4.69, 9.17) is 5.73 Å². The molecule has 7 rings (SSSR count). The number of sulfonamides is 1. The average molecular weight is 559 g/mol. The van der Waals surface area contributed by atoms with E-state index in [1.165, 1.54) is 18.2 Å². The summed E-state index contributed by atoms with van der Waals surface area (Å²) in [7, 11) is -3.35. The van der Waals surface area contributed by atoms with E-state index in [0.717, 1.165) is 31.2 Å². The summed E-state index contributed by atoms with van der Waals surface area (Å²) in [5.74, 6) is -0.633. The Balaban J connectivity index is 1.19. The minimum Gasteiger partial charge on any atom is -0.324 e. The maximum atomic E-state index is 15.1. The molecule has 5 atom stereocenters. The van der Waals surface area contributed by atoms with Gasteiger partial charge < -0.3 is 16.4 Å². The minimum atomic E-state index is -3.35. The molecule has 210 valence electrons. The molecule has 2 heterocycles. The Bertz CT molecular complexity index is 1340. The van der Waals surface area contributed by atoms with Gasteiger partial charge in [-0.2, -0.15) is 4.31 Å². The van der Waals surface area contributed by atoms with E-state index in [1.54, 1.807) is 28.6 Å². The standard InChI is InChI=1S/C29H36F2N4O3S/c30-20-8-6-19(7-9-20)26(29-13-18(14-29)15-29)27(32)28(36)34-25-5-1-4-24(31)23(25)11-10-22-16-33-21-3-2-12-39(37,38)35(22)17-21/h1,4-9,18,21-22,26-27,33H,2-3,10-17,32H2,(H,34,36). The highest BCUT2D eigenvalue weighted by atomic mass is 32.2. The van der Waals surface area contributed by atoms with Crippen molar-refractivity contribution in [3.63, 3.8) is 0 Å². The number of rotatable bonds is 8. The zero-order valence-corrected chi connectivity index (χ0v) is 22.7. The molecule has 39 heavy (non-hydrogen) atoms. The molecule has 1 amide bonds. The predicted molar refractivity (Wildman–Crippen MR) is 146 cm³/mol. The lowest BCUT2D eigenvalue weighted by Gasteiger charge is -2.66. The molecule has 5 aliphatic rings. The van der Waals surface area contributed by atoms with Crippen LogP contribution in [0.4, 0.5) is 14.5 Å². The number of carbonyl (C=O) groups excluding carboxylic acids is 1. The van der Waals surface area contributed by atoms with Crippen molar-refractivity contribution in [2.45, 2.75) is 69.0 Å². The number of nitrogens with two attached hydrogens (primary N) is 1. The third-order valence-corrected chi connectivity index (χ3v) is 11.5. The van der Waals surface area contributed by atoms with E-state index < -0.39 is 27.8 Å². The summed E-state index contributed by atoms with van der Waals surface area (Å²) >= 11 is 0. The van der Waals surface area contributed by atoms with Crippen LogP contribution in [0.2, 0.25) is 0 Å². The molecule has 4 bridgehead atoms. The van der Waals surface area contributed by atoms with Gasteiger partial charge in [-0.05, 0) is 86.1 Å². The lowest BCUT2D eigenvalue weighted by molar-refractivity contribution is -0.141. The van der Waals surface area contributed by atoms with Gasteiger partial charge in [-0.3, -0.25) is 4.79 Å². The van der Waals surface area contributed by atoms with E-state index in [9.17, 15) is 17.6 Å². The number of hydrogen-bond acceptors (Lipinski definition) is 5. The number of nitrogens with one attached hydrogen (secondary N) is 2. The molecule has 2 aromatic rings. The van der Waals surface area contributed by atoms with Gasteiger partial charge >= 0.3 is 0 Å². The number of halogens is 2. The fourth-order valence-corrected chi connectivity index (χ4v) is 9.20. The SMILES string of the molecule is NC(C(=O)Nc1cccc(F)c1CCC1CNC2CCCS(=O)(=O)N1C2)C(c1ccc(F)cc1)C12CC(C1)C2. The Morgan fingerprint density at radius 1 is 1.15 bits per heavy atom. The molecular formula is C29H36F2N4O3S. The quantitative estimate of drug-likeness (QED) is 0.460. The second kappa shape index (κ2) is 10.2. The lowest BCUT2D eigenvalue weighted by Crippen LogP contribution is -2.60. The molecule has 2 saturated heterocycles. The summed E-state index contributed by atoms with van der Waals surface area (Å²) in [6.07, 6.45) is 5.19. The largest absolute Gasteiger partial charge is 0.324 e. The van der Waals surface area contributed by atoms with Crippen molar-refractivity contribution in [1.82, 2.24) is 9.62 Å². The monoisotopic (exact) mass is 558 g/mol. The van der Waals surface area contributed by atoms with E-state index in [0.29, 0.717) is 43.1 Å². The molecule has 7 nitrogen and oxygen atoms in total. The molecule has 4 N–H and O–H groups in total. The predicted octanol–water partition coefficient (Wildman–Crippen LogP) is 3.51. The summed E-state index contributed by atoms with van der Waals surface area (Å²) in [5, 5.41) is 6.32. The molecular weight excluding hydrogens is 522 g/mol. The first-order valence-electron chi connectivity index (χ1n) is 14.0. The smallest absolute Gasteiger partial charge is 0.241 e. The van der Waals surface area contributed by atoms with Crippen LogP contribution in [0.3, 0.4) is 0 Å². The first-order valence-corrected chi connectivity index (χ1v) is 15.6. The Kier molecular flexibility index (Phi) is 7.02. The van der Waals surface area contributed by atoms with Crippen LogP contribution in [0.25, 0.3) is 0 Å². The van der Waals surface area contributed by atoms with Crippen molar-refractivity contribution in [3.8, 4) is 0 Å². The van der Waals surface area contributed by atoms with Crippen LogP contribution in [0, 0.1) is 23.0 Å². The van der Waals surface area contributed by atoms with Gasteiger partial charge in [0.1, 0.15) is 11.6 Å². The van der Waals surface area contributed by atoms with Gasteiger partial charge in [0, 0.05) is 42.3 Å². The number of benzene rings is 2. The van der Waals surface area contributed by atoms with Gasteiger partial charge in [-0.15, -0.1) is 0 Å². The molecule has 3 aliphatic carbocycles. The van der Waals surface area contributed by atoms with Crippen LogP contribution in [0.5, 0.6) is 0 Å². The van der Waals surface area contributed by atoms with E-state index in [1.807, 2.05) is 0 Å². The van der Waals surface area contributed by atoms with Crippen molar-refractivity contribution < 1.29 is 22.0 Å². The van der Waals surface area contributed by atoms with E-state index in [-0.39, 0.29) is 41.4 Å². The summed E-state index contributed by atoms with van der Waals surface area (Å²) < 4.78 is 56.0. The summed E-state index contributed by atoms with van der Waals surface area (Å²) in [5.41, 5.74) is 8.09. The fraction of sp³-hybridized carbons (Fsp3) is 0.552. The first-order chi connectivity index (χ1) is 18.6. The number of amides is 1. The lowest BCUT2D eigenvalue weighted by atomic mass is 9.38. The van der Waals surface area contributed by atoms with Gasteiger partial charge in [-0.1, -0.05) is 18.2 Å². The van der Waals surface area contributed by atoms with E-state index >= 15 is 4.39 Å². The van der Waals surface area contributed by atoms with Gasteiger partial charge in [0.2, 0.25) is 15.9 Å². The van der Waals surface area contributed by atoms with Crippen LogP contribution in [-0.4, -0.2) is 55.6 Å². The number of piperazine rings is 1. The first kappa shape index (κ1) is 26.8. The summed E-state index contributed by atoms with van der Waals surface area (Å²) in [6.45, 7) is 0.962. The van der Waals surface area contributed by atoms with Crippen LogP contribution in [0.1, 0.15) is 55.6 Å². The highest BCUT2D eigenvalue weighted by molar-refractivity contribution is 7.89. The highest BCUT2D eigenvalue weighted by Crippen LogP contribution is 2.70. The van der Waals surface area contributed by atoms with Gasteiger partial charge in [0.15, 0.2) is 0 Å². The van der Waals surface area contributed by atoms with Crippen molar-refractivity contribution in [2.24, 2.45) is 17.1 Å². The maximum absolute atomic E-state index is 15.1. The van der Waals surface area contributed by atoms with Crippen LogP contribution in [0.15, 0.2) is 42.5 Å². The van der Waals surface area contributed by atoms with Gasteiger partial charge in [0.05, 0.1) is 11.8 Å². The normalized spacial score (nSPS) is 32.2. The molecule has 5 unspecified atom stereocenters. The van der Waals surface area contributed by atoms with Gasteiger partial charge in [-0.25, -0.2) is 17.2 Å². The van der Waals surface area contributed by atoms with Gasteiger partial charge in [0.25, 0.3) is 0 Å². The molecule has 2 aliphatic heterocycles. The summed E-state index contributed by atoms with van der Waals surface area (Å²) in [6, 6.07) is 9.77. The van der Waals surface area contributed by atoms with Crippen LogP contribution < -0.4 is 16.4 Å². The Hall–Kier alpha value is -2.40. The number of hydrogen-bond donors (Lipinski definition) is 3. The Labute approximate surface area is 228 Å². The summed E-state index contributed by atoms with van der Waals surface area (Å²) in [4.78, 5) is 13.5. The maximum Gasteiger partial charge on any atom is 0.241 e. The zero-order chi connectivity index (χ0) is 27.4. The van der Waals surface area contributed by atoms with Crippen molar-refractivity contribution in [1.29, 1.82) is 0 Å². The number of nitrogens with zero attached hydrogens (tertiary/aromatic N) is 1.